The molecule has 0 N–H and O–H groups in total. The molecule has 0 bridgehead atoms. The van der Waals surface area contributed by atoms with Crippen LogP contribution in [0, 0.1) is 0 Å². The van der Waals surface area contributed by atoms with Crippen LogP contribution in [0.15, 0.2) is 0 Å². The van der Waals surface area contributed by atoms with Crippen LogP contribution in [0.2, 0.25) is 17.7 Å². The third kappa shape index (κ3) is 2.48. The summed E-state index contributed by atoms with van der Waals surface area (Å²) in [6, 6.07) is 0. The van der Waals surface area contributed by atoms with Crippen molar-refractivity contribution in [1.29, 1.82) is 0 Å². The van der Waals surface area contributed by atoms with Gasteiger partial charge in [0.1, 0.15) is 0 Å². The Morgan fingerprint density at radius 3 is 1.00 bits per heavy atom. The van der Waals surface area contributed by atoms with Crippen molar-refractivity contribution >= 4 is 18.4 Å². The molecule has 0 nitrogen and oxygen atoms in total. The van der Waals surface area contributed by atoms with Crippen LogP contribution in [0.25, 0.3) is 0 Å². The van der Waals surface area contributed by atoms with Gasteiger partial charge in [-0.15, -0.1) is 0 Å². The molecule has 1 heteroatoms. The monoisotopic (exact) mass is 236 g/mol. The molecule has 0 radical (unpaired) electrons. The average molecular weight is 235 g/mol. The van der Waals surface area contributed by atoms with E-state index < -0.39 is 18.4 Å². The Bertz CT molecular complexity index is 72.6. The molecule has 0 aromatic heterocycles. The summed E-state index contributed by atoms with van der Waals surface area (Å²) in [5, 5.41) is 0. The third-order valence-corrected chi connectivity index (χ3v) is 20.0. The van der Waals surface area contributed by atoms with Crippen molar-refractivity contribution in [1.82, 2.24) is 0 Å². The van der Waals surface area contributed by atoms with Crippen LogP contribution in [0.4, 0.5) is 0 Å². The first-order chi connectivity index (χ1) is 3.89. The van der Waals surface area contributed by atoms with Crippen LogP contribution < -0.4 is 0 Å². The van der Waals surface area contributed by atoms with E-state index in [2.05, 4.69) is 37.6 Å². The molecule has 0 aliphatic carbocycles. The Balaban J connectivity index is 4.01. The number of rotatable bonds is 2. The minimum absolute atomic E-state index is 0.999. The average Bonchev–Trinajstić information content (AvgIpc) is 1.65. The van der Waals surface area contributed by atoms with Gasteiger partial charge in [0, 0.05) is 0 Å². The standard InChI is InChI=1S/2C3H7.2CH3.Sn/c2*1-3-2;;;/h2*3H,1-2H3;2*1H3;. The Hall–Kier alpha value is 0.799. The van der Waals surface area contributed by atoms with Crippen molar-refractivity contribution in [3.63, 3.8) is 0 Å². The summed E-state index contributed by atoms with van der Waals surface area (Å²) in [4.78, 5) is 5.09. The van der Waals surface area contributed by atoms with Crippen LogP contribution in [0.3, 0.4) is 0 Å². The van der Waals surface area contributed by atoms with Gasteiger partial charge in [0.2, 0.25) is 0 Å². The van der Waals surface area contributed by atoms with Gasteiger partial charge in [-0.2, -0.15) is 0 Å². The van der Waals surface area contributed by atoms with E-state index in [1.807, 2.05) is 0 Å². The Kier molecular flexibility index (Phi) is 3.56. The van der Waals surface area contributed by atoms with E-state index in [1.54, 1.807) is 0 Å². The van der Waals surface area contributed by atoms with Crippen molar-refractivity contribution in [3.05, 3.63) is 0 Å². The van der Waals surface area contributed by atoms with E-state index in [0.717, 1.165) is 7.87 Å². The molecule has 0 aromatic rings. The van der Waals surface area contributed by atoms with Crippen molar-refractivity contribution in [3.8, 4) is 0 Å². The summed E-state index contributed by atoms with van der Waals surface area (Å²) in [5.74, 6) is 0. The zero-order valence-electron chi connectivity index (χ0n) is 7.65. The number of hydrogen-bond donors (Lipinski definition) is 0. The normalized spacial score (nSPS) is 13.3. The molecule has 0 rings (SSSR count). The molecule has 0 unspecified atom stereocenters. The minimum atomic E-state index is -1.55. The molecule has 0 amide bonds. The molecular formula is C8H20Sn. The maximum absolute atomic E-state index is 2.55. The topological polar surface area (TPSA) is 0 Å². The summed E-state index contributed by atoms with van der Waals surface area (Å²) < 4.78 is 2.00. The second-order valence-electron chi connectivity index (χ2n) is 4.13. The quantitative estimate of drug-likeness (QED) is 0.642. The summed E-state index contributed by atoms with van der Waals surface area (Å²) in [6.07, 6.45) is 0. The first kappa shape index (κ1) is 9.80. The van der Waals surface area contributed by atoms with Crippen molar-refractivity contribution in [2.45, 2.75) is 45.4 Å². The van der Waals surface area contributed by atoms with Crippen LogP contribution in [-0.2, 0) is 0 Å². The van der Waals surface area contributed by atoms with E-state index >= 15 is 0 Å². The van der Waals surface area contributed by atoms with Gasteiger partial charge in [-0.25, -0.2) is 0 Å². The SMILES string of the molecule is C[CH](C)[Sn]([CH3])([CH3])[CH](C)C. The molecule has 0 atom stereocenters. The fourth-order valence-corrected chi connectivity index (χ4v) is 4.47. The number of hydrogen-bond acceptors (Lipinski definition) is 0. The summed E-state index contributed by atoms with van der Waals surface area (Å²) in [6.45, 7) is 9.54. The molecule has 0 fully saturated rings. The molecule has 0 spiro atoms. The zero-order chi connectivity index (χ0) is 7.65. The first-order valence-corrected chi connectivity index (χ1v) is 12.9. The summed E-state index contributed by atoms with van der Waals surface area (Å²) >= 11 is -1.55. The maximum atomic E-state index is 2.55. The van der Waals surface area contributed by atoms with Crippen molar-refractivity contribution in [2.24, 2.45) is 0 Å². The van der Waals surface area contributed by atoms with E-state index in [4.69, 9.17) is 0 Å². The van der Waals surface area contributed by atoms with E-state index in [9.17, 15) is 0 Å². The van der Waals surface area contributed by atoms with E-state index in [-0.39, 0.29) is 0 Å². The van der Waals surface area contributed by atoms with Gasteiger partial charge in [0.25, 0.3) is 0 Å². The molecule has 56 valence electrons. The van der Waals surface area contributed by atoms with Gasteiger partial charge < -0.3 is 0 Å². The van der Waals surface area contributed by atoms with Crippen molar-refractivity contribution in [2.75, 3.05) is 0 Å². The Morgan fingerprint density at radius 2 is 1.00 bits per heavy atom. The van der Waals surface area contributed by atoms with Gasteiger partial charge in [0.05, 0.1) is 0 Å². The van der Waals surface area contributed by atoms with Gasteiger partial charge >= 0.3 is 63.8 Å². The predicted molar refractivity (Wildman–Crippen MR) is 47.7 cm³/mol. The van der Waals surface area contributed by atoms with Crippen LogP contribution in [-0.4, -0.2) is 18.4 Å². The molecule has 0 heterocycles. The summed E-state index contributed by atoms with van der Waals surface area (Å²) in [7, 11) is 0. The van der Waals surface area contributed by atoms with Crippen LogP contribution in [0.1, 0.15) is 27.7 Å². The zero-order valence-corrected chi connectivity index (χ0v) is 10.5. The van der Waals surface area contributed by atoms with Crippen molar-refractivity contribution < 1.29 is 0 Å². The fraction of sp³-hybridized carbons (Fsp3) is 1.00. The molecule has 0 aliphatic heterocycles. The Morgan fingerprint density at radius 1 is 0.778 bits per heavy atom. The molecule has 0 aliphatic rings. The second-order valence-corrected chi connectivity index (χ2v) is 21.1. The molecule has 0 saturated heterocycles. The van der Waals surface area contributed by atoms with Gasteiger partial charge in [-0.3, -0.25) is 0 Å². The molecule has 0 aromatic carbocycles. The second kappa shape index (κ2) is 3.27. The Labute approximate surface area is 63.9 Å². The summed E-state index contributed by atoms with van der Waals surface area (Å²) in [5.41, 5.74) is 0. The van der Waals surface area contributed by atoms with Gasteiger partial charge in [-0.05, 0) is 0 Å². The molecule has 9 heavy (non-hydrogen) atoms. The fourth-order valence-electron chi connectivity index (χ4n) is 0.667. The van der Waals surface area contributed by atoms with E-state index in [0.29, 0.717) is 0 Å². The first-order valence-electron chi connectivity index (χ1n) is 3.89. The molecule has 0 saturated carbocycles. The third-order valence-electron chi connectivity index (χ3n) is 2.98. The predicted octanol–water partition coefficient (Wildman–Crippen LogP) is 3.51. The van der Waals surface area contributed by atoms with Gasteiger partial charge in [0.15, 0.2) is 0 Å². The van der Waals surface area contributed by atoms with Crippen LogP contribution in [0.5, 0.6) is 0 Å². The van der Waals surface area contributed by atoms with Gasteiger partial charge in [-0.1, -0.05) is 0 Å². The van der Waals surface area contributed by atoms with E-state index in [1.165, 1.54) is 0 Å². The van der Waals surface area contributed by atoms with Crippen LogP contribution >= 0.6 is 0 Å². The molecular weight excluding hydrogens is 215 g/mol.